The van der Waals surface area contributed by atoms with Crippen molar-refractivity contribution >= 4 is 35.8 Å². The third-order valence-corrected chi connectivity index (χ3v) is 5.78. The van der Waals surface area contributed by atoms with E-state index in [-0.39, 0.29) is 36.2 Å². The molecule has 0 spiro atoms. The summed E-state index contributed by atoms with van der Waals surface area (Å²) in [6, 6.07) is 10.7. The molecule has 1 aromatic heterocycles. The number of ether oxygens (including phenoxy) is 2. The minimum absolute atomic E-state index is 0. The molecule has 2 aromatic rings. The molecule has 0 amide bonds. The lowest BCUT2D eigenvalue weighted by Crippen LogP contribution is -2.45. The summed E-state index contributed by atoms with van der Waals surface area (Å²) in [6.07, 6.45) is 4.34. The molecule has 1 saturated heterocycles. The third kappa shape index (κ3) is 7.20. The Morgan fingerprint density at radius 1 is 1.12 bits per heavy atom. The first-order chi connectivity index (χ1) is 15.6. The monoisotopic (exact) mass is 565 g/mol. The van der Waals surface area contributed by atoms with Crippen LogP contribution in [-0.4, -0.2) is 55.9 Å². The van der Waals surface area contributed by atoms with Gasteiger partial charge in [-0.2, -0.15) is 0 Å². The highest BCUT2D eigenvalue weighted by atomic mass is 127. The van der Waals surface area contributed by atoms with E-state index >= 15 is 0 Å². The van der Waals surface area contributed by atoms with Crippen molar-refractivity contribution in [3.63, 3.8) is 0 Å². The van der Waals surface area contributed by atoms with Crippen LogP contribution in [0.3, 0.4) is 0 Å². The number of pyridine rings is 1. The second kappa shape index (κ2) is 12.4. The fourth-order valence-corrected chi connectivity index (χ4v) is 4.29. The summed E-state index contributed by atoms with van der Waals surface area (Å²) < 4.78 is 11.4. The fourth-order valence-electron chi connectivity index (χ4n) is 4.29. The Bertz CT molecular complexity index is 912. The van der Waals surface area contributed by atoms with Crippen molar-refractivity contribution < 1.29 is 9.47 Å². The first-order valence-electron chi connectivity index (χ1n) is 11.7. The number of benzene rings is 1. The SMILES string of the molecule is CCNC(=NCc1ccc(N2CC(C)OC(C)C2)nc1)NCCc1ccc2c(c1)CCO2.I. The summed E-state index contributed by atoms with van der Waals surface area (Å²) in [5.74, 6) is 2.87. The number of nitrogens with one attached hydrogen (secondary N) is 2. The predicted octanol–water partition coefficient (Wildman–Crippen LogP) is 3.55. The number of aromatic nitrogens is 1. The molecule has 2 N–H and O–H groups in total. The molecule has 1 aromatic carbocycles. The van der Waals surface area contributed by atoms with Gasteiger partial charge < -0.3 is 25.0 Å². The van der Waals surface area contributed by atoms with Gasteiger partial charge in [0.25, 0.3) is 0 Å². The van der Waals surface area contributed by atoms with Gasteiger partial charge in [0.05, 0.1) is 25.4 Å². The van der Waals surface area contributed by atoms with Crippen LogP contribution in [-0.2, 0) is 24.1 Å². The predicted molar refractivity (Wildman–Crippen MR) is 144 cm³/mol. The Morgan fingerprint density at radius 2 is 1.91 bits per heavy atom. The Hall–Kier alpha value is -2.07. The van der Waals surface area contributed by atoms with E-state index in [2.05, 4.69) is 71.6 Å². The highest BCUT2D eigenvalue weighted by Crippen LogP contribution is 2.26. The van der Waals surface area contributed by atoms with E-state index in [9.17, 15) is 0 Å². The van der Waals surface area contributed by atoms with Crippen molar-refractivity contribution in [3.8, 4) is 5.75 Å². The van der Waals surface area contributed by atoms with E-state index in [1.165, 1.54) is 11.1 Å². The third-order valence-electron chi connectivity index (χ3n) is 5.78. The number of rotatable bonds is 7. The van der Waals surface area contributed by atoms with E-state index in [1.807, 2.05) is 6.20 Å². The van der Waals surface area contributed by atoms with E-state index in [1.54, 1.807) is 0 Å². The summed E-state index contributed by atoms with van der Waals surface area (Å²) in [7, 11) is 0. The average Bonchev–Trinajstić information content (AvgIpc) is 3.25. The van der Waals surface area contributed by atoms with Gasteiger partial charge >= 0.3 is 0 Å². The van der Waals surface area contributed by atoms with Crippen molar-refractivity contribution in [2.24, 2.45) is 4.99 Å². The summed E-state index contributed by atoms with van der Waals surface area (Å²) in [5.41, 5.74) is 3.74. The number of halogens is 1. The van der Waals surface area contributed by atoms with Gasteiger partial charge in [-0.15, -0.1) is 24.0 Å². The molecule has 2 unspecified atom stereocenters. The maximum Gasteiger partial charge on any atom is 0.191 e. The van der Waals surface area contributed by atoms with Crippen LogP contribution >= 0.6 is 24.0 Å². The molecule has 180 valence electrons. The summed E-state index contributed by atoms with van der Waals surface area (Å²) in [5, 5.41) is 6.77. The smallest absolute Gasteiger partial charge is 0.191 e. The standard InChI is InChI=1S/C25H35N5O2.HI/c1-4-26-25(27-11-9-20-5-7-23-22(13-20)10-12-31-23)29-15-21-6-8-24(28-14-21)30-16-18(2)32-19(3)17-30;/h5-8,13-14,18-19H,4,9-12,15-17H2,1-3H3,(H2,26,27,29);1H. The van der Waals surface area contributed by atoms with Crippen LogP contribution in [0.5, 0.6) is 5.75 Å². The largest absolute Gasteiger partial charge is 0.493 e. The minimum Gasteiger partial charge on any atom is -0.493 e. The lowest BCUT2D eigenvalue weighted by molar-refractivity contribution is -0.00545. The van der Waals surface area contributed by atoms with Crippen LogP contribution in [0.1, 0.15) is 37.5 Å². The molecule has 2 atom stereocenters. The second-order valence-corrected chi connectivity index (χ2v) is 8.60. The van der Waals surface area contributed by atoms with Crippen LogP contribution < -0.4 is 20.3 Å². The van der Waals surface area contributed by atoms with E-state index in [0.717, 1.165) is 68.7 Å². The molecule has 0 bridgehead atoms. The molecule has 0 radical (unpaired) electrons. The molecule has 0 aliphatic carbocycles. The zero-order valence-corrected chi connectivity index (χ0v) is 22.2. The number of hydrogen-bond donors (Lipinski definition) is 2. The zero-order valence-electron chi connectivity index (χ0n) is 19.8. The van der Waals surface area contributed by atoms with Crippen LogP contribution in [0.25, 0.3) is 0 Å². The summed E-state index contributed by atoms with van der Waals surface area (Å²) >= 11 is 0. The average molecular weight is 566 g/mol. The molecule has 0 saturated carbocycles. The van der Waals surface area contributed by atoms with E-state index in [4.69, 9.17) is 14.5 Å². The Balaban J connectivity index is 0.00000306. The first kappa shape index (κ1) is 25.6. The Kier molecular flexibility index (Phi) is 9.61. The van der Waals surface area contributed by atoms with Gasteiger partial charge in [-0.3, -0.25) is 0 Å². The van der Waals surface area contributed by atoms with Crippen molar-refractivity contribution in [2.45, 2.75) is 52.4 Å². The number of fused-ring (bicyclic) bond motifs is 1. The van der Waals surface area contributed by atoms with Crippen LogP contribution in [0.2, 0.25) is 0 Å². The molecule has 2 aliphatic rings. The number of anilines is 1. The highest BCUT2D eigenvalue weighted by Gasteiger charge is 2.23. The zero-order chi connectivity index (χ0) is 22.3. The highest BCUT2D eigenvalue weighted by molar-refractivity contribution is 14.0. The van der Waals surface area contributed by atoms with Gasteiger partial charge in [-0.1, -0.05) is 18.2 Å². The quantitative estimate of drug-likeness (QED) is 0.304. The van der Waals surface area contributed by atoms with Gasteiger partial charge in [0, 0.05) is 38.8 Å². The number of guanidine groups is 1. The second-order valence-electron chi connectivity index (χ2n) is 8.60. The number of hydrogen-bond acceptors (Lipinski definition) is 5. The van der Waals surface area contributed by atoms with E-state index < -0.39 is 0 Å². The first-order valence-corrected chi connectivity index (χ1v) is 11.7. The number of nitrogens with zero attached hydrogens (tertiary/aromatic N) is 3. The Labute approximate surface area is 214 Å². The molecule has 8 heteroatoms. The van der Waals surface area contributed by atoms with Crippen LogP contribution in [0.4, 0.5) is 5.82 Å². The van der Waals surface area contributed by atoms with Gasteiger partial charge in [0.2, 0.25) is 0 Å². The van der Waals surface area contributed by atoms with Crippen LogP contribution in [0, 0.1) is 0 Å². The number of morpholine rings is 1. The van der Waals surface area contributed by atoms with Crippen molar-refractivity contribution in [1.29, 1.82) is 0 Å². The maximum atomic E-state index is 5.82. The lowest BCUT2D eigenvalue weighted by Gasteiger charge is -2.36. The fraction of sp³-hybridized carbons (Fsp3) is 0.520. The van der Waals surface area contributed by atoms with Crippen molar-refractivity contribution in [3.05, 3.63) is 53.2 Å². The molecule has 4 rings (SSSR count). The lowest BCUT2D eigenvalue weighted by atomic mass is 10.1. The van der Waals surface area contributed by atoms with Crippen molar-refractivity contribution in [1.82, 2.24) is 15.6 Å². The molecular weight excluding hydrogens is 529 g/mol. The molecule has 3 heterocycles. The maximum absolute atomic E-state index is 5.82. The van der Waals surface area contributed by atoms with Gasteiger partial charge in [0.1, 0.15) is 11.6 Å². The van der Waals surface area contributed by atoms with Gasteiger partial charge in [0.15, 0.2) is 5.96 Å². The summed E-state index contributed by atoms with van der Waals surface area (Å²) in [6.45, 7) is 11.1. The molecular formula is C25H36IN5O2. The molecule has 2 aliphatic heterocycles. The van der Waals surface area contributed by atoms with Gasteiger partial charge in [-0.05, 0) is 56.0 Å². The molecule has 7 nitrogen and oxygen atoms in total. The molecule has 33 heavy (non-hydrogen) atoms. The number of aliphatic imine (C=N–C) groups is 1. The van der Waals surface area contributed by atoms with Crippen molar-refractivity contribution in [2.75, 3.05) is 37.7 Å². The van der Waals surface area contributed by atoms with Gasteiger partial charge in [-0.25, -0.2) is 9.98 Å². The molecule has 1 fully saturated rings. The topological polar surface area (TPSA) is 71.0 Å². The normalized spacial score (nSPS) is 20.0. The van der Waals surface area contributed by atoms with Crippen LogP contribution in [0.15, 0.2) is 41.5 Å². The van der Waals surface area contributed by atoms with E-state index in [0.29, 0.717) is 6.54 Å². The minimum atomic E-state index is 0. The Morgan fingerprint density at radius 3 is 2.64 bits per heavy atom. The summed E-state index contributed by atoms with van der Waals surface area (Å²) in [4.78, 5) is 11.7.